The Kier molecular flexibility index (Phi) is 5.57. The van der Waals surface area contributed by atoms with Gasteiger partial charge < -0.3 is 14.6 Å². The molecule has 1 N–H and O–H groups in total. The van der Waals surface area contributed by atoms with E-state index >= 15 is 0 Å². The Hall–Kier alpha value is -4.71. The first-order chi connectivity index (χ1) is 18.1. The van der Waals surface area contributed by atoms with E-state index in [1.807, 2.05) is 39.2 Å². The van der Waals surface area contributed by atoms with Gasteiger partial charge in [0, 0.05) is 54.2 Å². The largest absolute Gasteiger partial charge is 0.424 e. The molecule has 6 rings (SSSR count). The van der Waals surface area contributed by atoms with Crippen LogP contribution in [0.3, 0.4) is 0 Å². The van der Waals surface area contributed by atoms with E-state index in [0.29, 0.717) is 24.5 Å². The number of anilines is 1. The van der Waals surface area contributed by atoms with Crippen LogP contribution in [0, 0.1) is 18.2 Å². The minimum Gasteiger partial charge on any atom is -0.424 e. The van der Waals surface area contributed by atoms with Gasteiger partial charge in [-0.25, -0.2) is 25.2 Å². The summed E-state index contributed by atoms with van der Waals surface area (Å²) in [6, 6.07) is 16.6. The smallest absolute Gasteiger partial charge is 0.323 e. The van der Waals surface area contributed by atoms with Gasteiger partial charge >= 0.3 is 12.7 Å². The summed E-state index contributed by atoms with van der Waals surface area (Å²) >= 11 is 0. The van der Waals surface area contributed by atoms with Crippen LogP contribution >= 0.6 is 0 Å². The average Bonchev–Trinajstić information content (AvgIpc) is 3.21. The molecule has 0 fully saturated rings. The lowest BCUT2D eigenvalue weighted by Crippen LogP contribution is -2.33. The molecule has 0 atom stereocenters. The minimum absolute atomic E-state index is 0.312. The van der Waals surface area contributed by atoms with Crippen LogP contribution < -0.4 is 15.6 Å². The third-order valence-corrected chi connectivity index (χ3v) is 6.96. The quantitative estimate of drug-likeness (QED) is 0.373. The highest BCUT2D eigenvalue weighted by molar-refractivity contribution is 6.81. The van der Waals surface area contributed by atoms with Crippen LogP contribution in [-0.4, -0.2) is 38.3 Å². The molecular weight excluding hydrogens is 461 g/mol. The van der Waals surface area contributed by atoms with Crippen LogP contribution in [0.2, 0.25) is 6.32 Å². The summed E-state index contributed by atoms with van der Waals surface area (Å²) in [5, 5.41) is 14.2. The van der Waals surface area contributed by atoms with Crippen LogP contribution in [0.25, 0.3) is 33.4 Å². The van der Waals surface area contributed by atoms with E-state index in [4.69, 9.17) is 4.74 Å². The number of nitrogens with one attached hydrogen (secondary N) is 1. The molecule has 0 saturated carbocycles. The fourth-order valence-electron chi connectivity index (χ4n) is 5.16. The van der Waals surface area contributed by atoms with Crippen molar-refractivity contribution in [3.63, 3.8) is 0 Å². The molecule has 8 nitrogen and oxygen atoms in total. The molecule has 4 heterocycles. The predicted molar refractivity (Wildman–Crippen MR) is 145 cm³/mol. The molecule has 0 radical (unpaired) electrons. The van der Waals surface area contributed by atoms with Gasteiger partial charge in [-0.15, -0.1) is 0 Å². The van der Waals surface area contributed by atoms with E-state index in [0.717, 1.165) is 56.0 Å². The number of fused-ring (bicyclic) bond motifs is 2. The van der Waals surface area contributed by atoms with Gasteiger partial charge in [-0.2, -0.15) is 0 Å². The minimum atomic E-state index is -0.344. The summed E-state index contributed by atoms with van der Waals surface area (Å²) in [5.41, 5.74) is 8.80. The molecule has 9 heteroatoms. The highest BCUT2D eigenvalue weighted by Gasteiger charge is 2.31. The summed E-state index contributed by atoms with van der Waals surface area (Å²) < 4.78 is 8.12. The number of aromatic nitrogens is 5. The highest BCUT2D eigenvalue weighted by Crippen LogP contribution is 2.43. The third-order valence-electron chi connectivity index (χ3n) is 6.96. The first kappa shape index (κ1) is 22.7. The second kappa shape index (κ2) is 9.06. The molecular formula is C28H24BN7O. The lowest BCUT2D eigenvalue weighted by molar-refractivity contribution is 0.440. The maximum absolute atomic E-state index is 10.1. The SMILES string of the molecule is CNc1ccc(-c2c3c4c(ncnc4n2C)B(C#N)CCc2cc(Oc4nccc(C)n4)ccc2-3)cc1. The summed E-state index contributed by atoms with van der Waals surface area (Å²) in [7, 11) is 3.93. The number of hydrogen-bond donors (Lipinski definition) is 1. The Morgan fingerprint density at radius 1 is 1.08 bits per heavy atom. The molecule has 3 aromatic heterocycles. The van der Waals surface area contributed by atoms with Crippen molar-refractivity contribution in [3.8, 4) is 40.1 Å². The standard InChI is InChI=1S/C28H24BN7O/c1-17-11-13-32-28(35-17)37-21-8-9-22-19(14-21)10-12-29(15-30)26-24-23(22)25(36(3)27(24)34-16-33-26)18-4-6-20(31-2)7-5-18/h4-9,11,13-14,16,31H,10,12H2,1-3H3. The zero-order chi connectivity index (χ0) is 25.5. The van der Waals surface area contributed by atoms with E-state index in [-0.39, 0.29) is 6.71 Å². The van der Waals surface area contributed by atoms with E-state index in [1.54, 1.807) is 12.5 Å². The summed E-state index contributed by atoms with van der Waals surface area (Å²) in [5.74, 6) is 3.15. The number of aryl methyl sites for hydroxylation is 3. The lowest BCUT2D eigenvalue weighted by Gasteiger charge is -2.18. The second-order valence-corrected chi connectivity index (χ2v) is 9.19. The van der Waals surface area contributed by atoms with Gasteiger partial charge in [-0.3, -0.25) is 0 Å². The molecule has 0 unspecified atom stereocenters. The fourth-order valence-corrected chi connectivity index (χ4v) is 5.16. The van der Waals surface area contributed by atoms with Crippen LogP contribution in [0.4, 0.5) is 5.69 Å². The van der Waals surface area contributed by atoms with Gasteiger partial charge in [0.05, 0.1) is 5.69 Å². The molecule has 1 aliphatic rings. The second-order valence-electron chi connectivity index (χ2n) is 9.19. The van der Waals surface area contributed by atoms with Crippen molar-refractivity contribution in [2.24, 2.45) is 7.05 Å². The first-order valence-electron chi connectivity index (χ1n) is 12.2. The van der Waals surface area contributed by atoms with E-state index in [9.17, 15) is 5.26 Å². The van der Waals surface area contributed by atoms with Gasteiger partial charge in [-0.1, -0.05) is 18.2 Å². The topological polar surface area (TPSA) is 102 Å². The van der Waals surface area contributed by atoms with E-state index in [2.05, 4.69) is 66.1 Å². The molecule has 0 spiro atoms. The van der Waals surface area contributed by atoms with Gasteiger partial charge in [-0.05, 0) is 66.7 Å². The number of benzene rings is 2. The number of ether oxygens (including phenoxy) is 1. The zero-order valence-electron chi connectivity index (χ0n) is 20.9. The van der Waals surface area contributed by atoms with Crippen molar-refractivity contribution in [2.75, 3.05) is 12.4 Å². The zero-order valence-corrected chi connectivity index (χ0v) is 20.9. The normalized spacial score (nSPS) is 12.4. The van der Waals surface area contributed by atoms with Crippen LogP contribution in [-0.2, 0) is 13.5 Å². The summed E-state index contributed by atoms with van der Waals surface area (Å²) in [6.07, 6.45) is 4.62. The molecule has 5 aromatic rings. The number of hydrogen-bond acceptors (Lipinski definition) is 7. The van der Waals surface area contributed by atoms with Crippen molar-refractivity contribution < 1.29 is 4.74 Å². The van der Waals surface area contributed by atoms with Crippen LogP contribution in [0.1, 0.15) is 11.3 Å². The lowest BCUT2D eigenvalue weighted by atomic mass is 9.44. The predicted octanol–water partition coefficient (Wildman–Crippen LogP) is 4.56. The Morgan fingerprint density at radius 2 is 1.92 bits per heavy atom. The van der Waals surface area contributed by atoms with Gasteiger partial charge in [0.2, 0.25) is 0 Å². The number of rotatable bonds is 4. The van der Waals surface area contributed by atoms with Crippen molar-refractivity contribution >= 4 is 29.0 Å². The van der Waals surface area contributed by atoms with Crippen molar-refractivity contribution in [1.82, 2.24) is 24.5 Å². The van der Waals surface area contributed by atoms with Gasteiger partial charge in [0.1, 0.15) is 17.7 Å². The maximum atomic E-state index is 10.1. The maximum Gasteiger partial charge on any atom is 0.323 e. The number of nitrogens with zero attached hydrogens (tertiary/aromatic N) is 6. The van der Waals surface area contributed by atoms with Crippen LogP contribution in [0.5, 0.6) is 11.8 Å². The average molecular weight is 485 g/mol. The van der Waals surface area contributed by atoms with E-state index < -0.39 is 0 Å². The van der Waals surface area contributed by atoms with Crippen LogP contribution in [0.15, 0.2) is 61.1 Å². The summed E-state index contributed by atoms with van der Waals surface area (Å²) in [4.78, 5) is 17.9. The van der Waals surface area contributed by atoms with E-state index in [1.165, 1.54) is 0 Å². The molecule has 0 saturated heterocycles. The Labute approximate surface area is 215 Å². The third kappa shape index (κ3) is 3.87. The van der Waals surface area contributed by atoms with Crippen molar-refractivity contribution in [3.05, 3.63) is 72.3 Å². The Morgan fingerprint density at radius 3 is 2.68 bits per heavy atom. The first-order valence-corrected chi connectivity index (χ1v) is 12.2. The summed E-state index contributed by atoms with van der Waals surface area (Å²) in [6.45, 7) is 1.56. The molecule has 180 valence electrons. The van der Waals surface area contributed by atoms with Gasteiger partial charge in [0.15, 0.2) is 0 Å². The Bertz CT molecular complexity index is 1690. The van der Waals surface area contributed by atoms with Crippen molar-refractivity contribution in [2.45, 2.75) is 19.7 Å². The van der Waals surface area contributed by atoms with Crippen molar-refractivity contribution in [1.29, 1.82) is 5.26 Å². The molecule has 37 heavy (non-hydrogen) atoms. The molecule has 2 aromatic carbocycles. The van der Waals surface area contributed by atoms with Gasteiger partial charge in [0.25, 0.3) is 0 Å². The molecule has 0 bridgehead atoms. The molecule has 0 amide bonds. The Balaban J connectivity index is 1.60. The monoisotopic (exact) mass is 485 g/mol. The molecule has 0 aliphatic carbocycles. The molecule has 1 aliphatic heterocycles. The number of nitriles is 1. The fraction of sp³-hybridized carbons (Fsp3) is 0.179. The highest BCUT2D eigenvalue weighted by atomic mass is 16.5.